The lowest BCUT2D eigenvalue weighted by molar-refractivity contribution is -0.0916. The van der Waals surface area contributed by atoms with E-state index in [9.17, 15) is 0 Å². The van der Waals surface area contributed by atoms with Crippen LogP contribution in [-0.2, 0) is 0 Å². The lowest BCUT2D eigenvalue weighted by atomic mass is 9.42. The fraction of sp³-hybridized carbons (Fsp3) is 0.750. The second-order valence-corrected chi connectivity index (χ2v) is 10.5. The Morgan fingerprint density at radius 2 is 1.58 bits per heavy atom. The summed E-state index contributed by atoms with van der Waals surface area (Å²) in [5, 5.41) is 0. The topological polar surface area (TPSA) is 18.5 Å². The summed E-state index contributed by atoms with van der Waals surface area (Å²) in [6, 6.07) is 4.46. The van der Waals surface area contributed by atoms with Gasteiger partial charge in [0, 0.05) is 5.56 Å². The third-order valence-electron chi connectivity index (χ3n) is 7.76. The highest BCUT2D eigenvalue weighted by molar-refractivity contribution is 5.52. The van der Waals surface area contributed by atoms with Gasteiger partial charge in [-0.15, -0.1) is 0 Å². The summed E-state index contributed by atoms with van der Waals surface area (Å²) in [5.74, 6) is 3.07. The molecule has 2 aliphatic carbocycles. The van der Waals surface area contributed by atoms with Gasteiger partial charge < -0.3 is 9.47 Å². The Hall–Kier alpha value is -1.18. The maximum absolute atomic E-state index is 5.92. The Morgan fingerprint density at radius 3 is 2.19 bits per heavy atom. The Labute approximate surface area is 160 Å². The minimum atomic E-state index is 0.255. The average Bonchev–Trinajstić information content (AvgIpc) is 2.52. The summed E-state index contributed by atoms with van der Waals surface area (Å²) in [7, 11) is 3.54. The third-order valence-corrected chi connectivity index (χ3v) is 7.76. The van der Waals surface area contributed by atoms with Crippen molar-refractivity contribution >= 4 is 0 Å². The lowest BCUT2D eigenvalue weighted by Crippen LogP contribution is -2.52. The van der Waals surface area contributed by atoms with Crippen LogP contribution >= 0.6 is 0 Å². The number of hydrogen-bond donors (Lipinski definition) is 0. The van der Waals surface area contributed by atoms with E-state index in [1.54, 1.807) is 14.2 Å². The van der Waals surface area contributed by atoms with Crippen molar-refractivity contribution in [3.63, 3.8) is 0 Å². The number of benzene rings is 1. The van der Waals surface area contributed by atoms with Gasteiger partial charge in [0.25, 0.3) is 0 Å². The van der Waals surface area contributed by atoms with E-state index in [0.29, 0.717) is 16.7 Å². The first-order valence-electron chi connectivity index (χ1n) is 10.3. The summed E-state index contributed by atoms with van der Waals surface area (Å²) in [5.41, 5.74) is 3.59. The van der Waals surface area contributed by atoms with Crippen molar-refractivity contribution in [2.75, 3.05) is 14.2 Å². The first kappa shape index (κ1) is 19.6. The molecule has 1 aromatic rings. The number of methoxy groups -OCH3 is 2. The molecule has 0 heterocycles. The van der Waals surface area contributed by atoms with Crippen LogP contribution in [0, 0.1) is 29.1 Å². The molecule has 3 rings (SSSR count). The zero-order valence-electron chi connectivity index (χ0n) is 18.2. The summed E-state index contributed by atoms with van der Waals surface area (Å²) >= 11 is 0. The molecule has 0 radical (unpaired) electrons. The highest BCUT2D eigenvalue weighted by Crippen LogP contribution is 2.68. The lowest BCUT2D eigenvalue weighted by Gasteiger charge is -2.62. The Morgan fingerprint density at radius 1 is 0.885 bits per heavy atom. The van der Waals surface area contributed by atoms with Crippen LogP contribution in [0.5, 0.6) is 11.5 Å². The van der Waals surface area contributed by atoms with E-state index < -0.39 is 0 Å². The van der Waals surface area contributed by atoms with Crippen molar-refractivity contribution in [3.05, 3.63) is 23.3 Å². The van der Waals surface area contributed by atoms with Crippen LogP contribution in [0.25, 0.3) is 0 Å². The van der Waals surface area contributed by atoms with Crippen LogP contribution in [-0.4, -0.2) is 14.2 Å². The molecule has 0 bridgehead atoms. The van der Waals surface area contributed by atoms with Crippen LogP contribution in [0.2, 0.25) is 0 Å². The highest BCUT2D eigenvalue weighted by atomic mass is 16.5. The molecule has 2 heteroatoms. The summed E-state index contributed by atoms with van der Waals surface area (Å²) in [4.78, 5) is 0. The van der Waals surface area contributed by atoms with Crippen molar-refractivity contribution in [2.45, 2.75) is 79.6 Å². The molecule has 2 fully saturated rings. The second kappa shape index (κ2) is 6.46. The first-order valence-corrected chi connectivity index (χ1v) is 10.3. The molecule has 0 aliphatic heterocycles. The average molecular weight is 359 g/mol. The minimum absolute atomic E-state index is 0.255. The van der Waals surface area contributed by atoms with Gasteiger partial charge in [0.05, 0.1) is 14.2 Å². The molecule has 0 N–H and O–H groups in total. The molecule has 3 atom stereocenters. The number of rotatable bonds is 3. The Kier molecular flexibility index (Phi) is 4.86. The van der Waals surface area contributed by atoms with Gasteiger partial charge in [-0.05, 0) is 72.3 Å². The maximum atomic E-state index is 5.92. The largest absolute Gasteiger partial charge is 0.493 e. The molecule has 0 spiro atoms. The van der Waals surface area contributed by atoms with Gasteiger partial charge in [0.1, 0.15) is 0 Å². The molecule has 2 unspecified atom stereocenters. The van der Waals surface area contributed by atoms with Crippen LogP contribution in [0.15, 0.2) is 12.1 Å². The normalized spacial score (nSPS) is 32.6. The Balaban J connectivity index is 2.22. The Bertz CT molecular complexity index is 673. The van der Waals surface area contributed by atoms with Crippen LogP contribution < -0.4 is 9.47 Å². The zero-order valence-corrected chi connectivity index (χ0v) is 18.2. The van der Waals surface area contributed by atoms with Crippen LogP contribution in [0.1, 0.15) is 83.8 Å². The predicted molar refractivity (Wildman–Crippen MR) is 109 cm³/mol. The molecule has 2 saturated carbocycles. The van der Waals surface area contributed by atoms with E-state index in [1.165, 1.54) is 43.2 Å². The van der Waals surface area contributed by atoms with Crippen molar-refractivity contribution in [1.29, 1.82) is 0 Å². The van der Waals surface area contributed by atoms with Crippen molar-refractivity contribution < 1.29 is 9.47 Å². The molecule has 0 aromatic heterocycles. The van der Waals surface area contributed by atoms with Crippen LogP contribution in [0.3, 0.4) is 0 Å². The van der Waals surface area contributed by atoms with Gasteiger partial charge in [-0.3, -0.25) is 0 Å². The third kappa shape index (κ3) is 2.94. The smallest absolute Gasteiger partial charge is 0.164 e. The summed E-state index contributed by atoms with van der Waals surface area (Å²) in [6.45, 7) is 14.7. The highest BCUT2D eigenvalue weighted by Gasteiger charge is 2.58. The van der Waals surface area contributed by atoms with E-state index in [4.69, 9.17) is 9.47 Å². The molecule has 0 saturated heterocycles. The van der Waals surface area contributed by atoms with Gasteiger partial charge in [0.15, 0.2) is 11.5 Å². The van der Waals surface area contributed by atoms with Gasteiger partial charge in [-0.2, -0.15) is 0 Å². The number of hydrogen-bond acceptors (Lipinski definition) is 2. The standard InChI is InChI=1S/C24H38O2/c1-16-14-17(20(26-8)18(15-16)25-7)21-23(4,5)13-10-19-22(2,3)11-9-12-24(19,21)6/h14-15,19,21H,9-13H2,1-8H3/t19?,21?,24-/m0/s1. The molecule has 0 amide bonds. The van der Waals surface area contributed by atoms with Crippen molar-refractivity contribution in [3.8, 4) is 11.5 Å². The first-order chi connectivity index (χ1) is 12.1. The molecule has 146 valence electrons. The van der Waals surface area contributed by atoms with Gasteiger partial charge in [-0.1, -0.05) is 47.1 Å². The maximum Gasteiger partial charge on any atom is 0.164 e. The van der Waals surface area contributed by atoms with E-state index in [2.05, 4.69) is 53.7 Å². The SMILES string of the molecule is COc1cc(C)cc(C2C(C)(C)CCC3C(C)(C)CCC[C@@]32C)c1OC. The van der Waals surface area contributed by atoms with E-state index in [-0.39, 0.29) is 5.41 Å². The quantitative estimate of drug-likeness (QED) is 0.595. The van der Waals surface area contributed by atoms with Crippen molar-refractivity contribution in [1.82, 2.24) is 0 Å². The van der Waals surface area contributed by atoms with E-state index in [0.717, 1.165) is 17.4 Å². The number of fused-ring (bicyclic) bond motifs is 1. The van der Waals surface area contributed by atoms with Gasteiger partial charge in [-0.25, -0.2) is 0 Å². The van der Waals surface area contributed by atoms with E-state index >= 15 is 0 Å². The molecule has 2 aliphatic rings. The van der Waals surface area contributed by atoms with E-state index in [1.807, 2.05) is 0 Å². The van der Waals surface area contributed by atoms with Gasteiger partial charge >= 0.3 is 0 Å². The van der Waals surface area contributed by atoms with Gasteiger partial charge in [0.2, 0.25) is 0 Å². The molecular weight excluding hydrogens is 320 g/mol. The number of ether oxygens (including phenoxy) is 2. The molecule has 1 aromatic carbocycles. The molecular formula is C24H38O2. The zero-order chi connectivity index (χ0) is 19.3. The number of aryl methyl sites for hydroxylation is 1. The predicted octanol–water partition coefficient (Wildman–Crippen LogP) is 6.75. The second-order valence-electron chi connectivity index (χ2n) is 10.5. The fourth-order valence-corrected chi connectivity index (χ4v) is 6.91. The monoisotopic (exact) mass is 358 g/mol. The minimum Gasteiger partial charge on any atom is -0.493 e. The summed E-state index contributed by atoms with van der Waals surface area (Å²) < 4.78 is 11.6. The van der Waals surface area contributed by atoms with Crippen LogP contribution in [0.4, 0.5) is 0 Å². The molecule has 26 heavy (non-hydrogen) atoms. The summed E-state index contributed by atoms with van der Waals surface area (Å²) in [6.07, 6.45) is 6.63. The van der Waals surface area contributed by atoms with Crippen molar-refractivity contribution in [2.24, 2.45) is 22.2 Å². The fourth-order valence-electron chi connectivity index (χ4n) is 6.91. The molecule has 2 nitrogen and oxygen atoms in total.